The minimum absolute atomic E-state index is 0.0464. The molecule has 0 aromatic heterocycles. The molecule has 0 bridgehead atoms. The summed E-state index contributed by atoms with van der Waals surface area (Å²) < 4.78 is 47.2. The minimum Gasteiger partial charge on any atom is -0.484 e. The molecule has 0 radical (unpaired) electrons. The fourth-order valence-corrected chi connectivity index (χ4v) is 5.10. The van der Waals surface area contributed by atoms with Crippen LogP contribution in [0.1, 0.15) is 12.8 Å². The van der Waals surface area contributed by atoms with Gasteiger partial charge >= 0.3 is 6.09 Å². The van der Waals surface area contributed by atoms with Gasteiger partial charge in [0.15, 0.2) is 0 Å². The maximum Gasteiger partial charge on any atom is 0.409 e. The lowest BCUT2D eigenvalue weighted by Crippen LogP contribution is -2.50. The number of sulfonamides is 1. The van der Waals surface area contributed by atoms with Crippen molar-refractivity contribution in [2.75, 3.05) is 22.7 Å². The van der Waals surface area contributed by atoms with Crippen molar-refractivity contribution in [3.63, 3.8) is 0 Å². The van der Waals surface area contributed by atoms with Gasteiger partial charge < -0.3 is 20.3 Å². The molecule has 1 aliphatic carbocycles. The Morgan fingerprint density at radius 2 is 1.97 bits per heavy atom. The van der Waals surface area contributed by atoms with Crippen LogP contribution in [0, 0.1) is 5.82 Å². The lowest BCUT2D eigenvalue weighted by molar-refractivity contribution is -0.131. The Morgan fingerprint density at radius 3 is 2.61 bits per heavy atom. The first-order valence-corrected chi connectivity index (χ1v) is 11.6. The number of carbonyl (C=O) groups excluding carboxylic acids is 1. The van der Waals surface area contributed by atoms with Crippen molar-refractivity contribution >= 4 is 45.0 Å². The summed E-state index contributed by atoms with van der Waals surface area (Å²) in [5, 5.41) is 23.2. The second kappa shape index (κ2) is 8.36. The Hall–Kier alpha value is -3.09. The summed E-state index contributed by atoms with van der Waals surface area (Å²) in [4.78, 5) is 22.8. The monoisotopic (exact) mass is 499 g/mol. The van der Waals surface area contributed by atoms with E-state index in [1.54, 1.807) is 0 Å². The van der Waals surface area contributed by atoms with Crippen LogP contribution in [0.2, 0.25) is 5.02 Å². The summed E-state index contributed by atoms with van der Waals surface area (Å²) in [6.07, 6.45) is -1.48. The first-order valence-electron chi connectivity index (χ1n) is 9.79. The molecule has 1 saturated carbocycles. The lowest BCUT2D eigenvalue weighted by atomic mass is 10.2. The third-order valence-electron chi connectivity index (χ3n) is 5.26. The minimum atomic E-state index is -4.28. The number of benzene rings is 2. The van der Waals surface area contributed by atoms with Crippen molar-refractivity contribution in [2.45, 2.75) is 29.4 Å². The largest absolute Gasteiger partial charge is 0.484 e. The summed E-state index contributed by atoms with van der Waals surface area (Å²) in [6, 6.07) is 7.02. The molecule has 1 atom stereocenters. The van der Waals surface area contributed by atoms with Crippen LogP contribution < -0.4 is 19.7 Å². The van der Waals surface area contributed by atoms with E-state index in [4.69, 9.17) is 21.4 Å². The smallest absolute Gasteiger partial charge is 0.409 e. The van der Waals surface area contributed by atoms with Gasteiger partial charge in [0.25, 0.3) is 15.9 Å². The number of ether oxygens (including phenoxy) is 1. The topological polar surface area (TPSA) is 145 Å². The van der Waals surface area contributed by atoms with E-state index in [0.717, 1.165) is 22.5 Å². The zero-order chi connectivity index (χ0) is 24.0. The first-order chi connectivity index (χ1) is 15.5. The molecular formula is C20H19ClFN3O7S. The lowest BCUT2D eigenvalue weighted by Gasteiger charge is -2.36. The van der Waals surface area contributed by atoms with Gasteiger partial charge in [-0.1, -0.05) is 11.6 Å². The molecule has 1 heterocycles. The number of nitrogens with zero attached hydrogens (tertiary/aromatic N) is 1. The molecule has 0 saturated heterocycles. The van der Waals surface area contributed by atoms with Crippen molar-refractivity contribution in [1.82, 2.24) is 5.32 Å². The van der Waals surface area contributed by atoms with Crippen LogP contribution in [0.5, 0.6) is 5.75 Å². The highest BCUT2D eigenvalue weighted by molar-refractivity contribution is 7.92. The van der Waals surface area contributed by atoms with Gasteiger partial charge in [0, 0.05) is 5.69 Å². The fraction of sp³-hybridized carbons (Fsp3) is 0.300. The van der Waals surface area contributed by atoms with Crippen LogP contribution in [0.4, 0.5) is 20.6 Å². The second-order valence-electron chi connectivity index (χ2n) is 7.71. The third-order valence-corrected chi connectivity index (χ3v) is 7.32. The Bertz CT molecular complexity index is 1240. The van der Waals surface area contributed by atoms with Gasteiger partial charge in [0.2, 0.25) is 0 Å². The maximum atomic E-state index is 13.6. The van der Waals surface area contributed by atoms with Gasteiger partial charge in [-0.3, -0.25) is 14.4 Å². The zero-order valence-corrected chi connectivity index (χ0v) is 18.5. The number of rotatable bonds is 6. The Morgan fingerprint density at radius 1 is 1.24 bits per heavy atom. The highest BCUT2D eigenvalue weighted by atomic mass is 35.5. The Labute approximate surface area is 193 Å². The standard InChI is InChI=1S/C20H19ClFN3O7S/c21-14-8-13(2-3-15(14)22)33(30,31)25-10-12(9-23-18(26)20(29)5-6-20)32-17-4-1-11(7-16(17)25)24-19(27)28/h1-4,7-8,12,24,29H,5-6,9-10H2,(H,23,26)(H,27,28). The number of carboxylic acid groups (broad SMARTS) is 1. The normalized spacial score (nSPS) is 18.6. The van der Waals surface area contributed by atoms with Gasteiger partial charge in [-0.2, -0.15) is 0 Å². The molecule has 2 aromatic rings. The molecule has 33 heavy (non-hydrogen) atoms. The SMILES string of the molecule is O=C(O)Nc1ccc2c(c1)N(S(=O)(=O)c1ccc(F)c(Cl)c1)CC(CNC(=O)C1(O)CC1)O2. The van der Waals surface area contributed by atoms with Gasteiger partial charge in [0.1, 0.15) is 23.3 Å². The van der Waals surface area contributed by atoms with Crippen LogP contribution in [-0.4, -0.2) is 55.4 Å². The van der Waals surface area contributed by atoms with Crippen LogP contribution >= 0.6 is 11.6 Å². The number of hydrogen-bond acceptors (Lipinski definition) is 6. The van der Waals surface area contributed by atoms with E-state index >= 15 is 0 Å². The molecule has 2 amide bonds. The van der Waals surface area contributed by atoms with Crippen molar-refractivity contribution in [1.29, 1.82) is 0 Å². The quantitative estimate of drug-likeness (QED) is 0.476. The average molecular weight is 500 g/mol. The molecule has 0 spiro atoms. The van der Waals surface area contributed by atoms with Crippen LogP contribution in [0.15, 0.2) is 41.3 Å². The Balaban J connectivity index is 1.68. The summed E-state index contributed by atoms with van der Waals surface area (Å²) in [6.45, 7) is -0.342. The molecule has 1 aliphatic heterocycles. The van der Waals surface area contributed by atoms with Crippen molar-refractivity contribution in [3.8, 4) is 5.75 Å². The number of halogens is 2. The van der Waals surface area contributed by atoms with Gasteiger partial charge in [-0.15, -0.1) is 0 Å². The van der Waals surface area contributed by atoms with Crippen molar-refractivity contribution in [3.05, 3.63) is 47.2 Å². The highest BCUT2D eigenvalue weighted by Crippen LogP contribution is 2.39. The van der Waals surface area contributed by atoms with Gasteiger partial charge in [-0.05, 0) is 49.2 Å². The third kappa shape index (κ3) is 4.68. The number of anilines is 2. The molecule has 1 unspecified atom stereocenters. The number of nitrogens with one attached hydrogen (secondary N) is 2. The average Bonchev–Trinajstić information content (AvgIpc) is 3.51. The van der Waals surface area contributed by atoms with E-state index in [1.807, 2.05) is 0 Å². The summed E-state index contributed by atoms with van der Waals surface area (Å²) in [7, 11) is -4.28. The number of aliphatic hydroxyl groups is 1. The second-order valence-corrected chi connectivity index (χ2v) is 9.98. The molecule has 4 rings (SSSR count). The van der Waals surface area contributed by atoms with Gasteiger partial charge in [0.05, 0.1) is 28.7 Å². The summed E-state index contributed by atoms with van der Waals surface area (Å²) in [5.74, 6) is -1.24. The Kier molecular flexibility index (Phi) is 5.85. The number of fused-ring (bicyclic) bond motifs is 1. The van der Waals surface area contributed by atoms with Crippen LogP contribution in [-0.2, 0) is 14.8 Å². The highest BCUT2D eigenvalue weighted by Gasteiger charge is 2.48. The molecule has 10 nitrogen and oxygen atoms in total. The first kappa shape index (κ1) is 23.1. The zero-order valence-electron chi connectivity index (χ0n) is 16.9. The van der Waals surface area contributed by atoms with E-state index in [1.165, 1.54) is 18.2 Å². The summed E-state index contributed by atoms with van der Waals surface area (Å²) in [5.41, 5.74) is -1.25. The maximum absolute atomic E-state index is 13.6. The van der Waals surface area contributed by atoms with Crippen LogP contribution in [0.25, 0.3) is 0 Å². The molecule has 1 fully saturated rings. The molecule has 2 aromatic carbocycles. The van der Waals surface area contributed by atoms with Crippen molar-refractivity contribution < 1.29 is 37.3 Å². The van der Waals surface area contributed by atoms with E-state index in [9.17, 15) is 27.5 Å². The van der Waals surface area contributed by atoms with Crippen LogP contribution in [0.3, 0.4) is 0 Å². The van der Waals surface area contributed by atoms with E-state index in [-0.39, 0.29) is 40.1 Å². The predicted molar refractivity (Wildman–Crippen MR) is 116 cm³/mol. The van der Waals surface area contributed by atoms with Gasteiger partial charge in [-0.25, -0.2) is 17.6 Å². The van der Waals surface area contributed by atoms with E-state index < -0.39 is 39.5 Å². The fourth-order valence-electron chi connectivity index (χ4n) is 3.33. The predicted octanol–water partition coefficient (Wildman–Crippen LogP) is 2.17. The van der Waals surface area contributed by atoms with E-state index in [0.29, 0.717) is 12.8 Å². The number of carbonyl (C=O) groups is 2. The molecular weight excluding hydrogens is 481 g/mol. The van der Waals surface area contributed by atoms with E-state index in [2.05, 4.69) is 10.6 Å². The number of amides is 2. The molecule has 4 N–H and O–H groups in total. The molecule has 176 valence electrons. The molecule has 13 heteroatoms. The summed E-state index contributed by atoms with van der Waals surface area (Å²) >= 11 is 5.77. The molecule has 2 aliphatic rings. The van der Waals surface area contributed by atoms with Crippen molar-refractivity contribution in [2.24, 2.45) is 0 Å². The number of hydrogen-bond donors (Lipinski definition) is 4.